The number of fused-ring (bicyclic) bond motifs is 1. The molecule has 1 aliphatic carbocycles. The highest BCUT2D eigenvalue weighted by Crippen LogP contribution is 2.54. The van der Waals surface area contributed by atoms with E-state index in [0.29, 0.717) is 19.2 Å². The van der Waals surface area contributed by atoms with Crippen LogP contribution in [-0.2, 0) is 14.3 Å². The zero-order chi connectivity index (χ0) is 15.2. The second kappa shape index (κ2) is 5.27. The largest absolute Gasteiger partial charge is 0.372 e. The Kier molecular flexibility index (Phi) is 3.72. The van der Waals surface area contributed by atoms with Crippen LogP contribution < -0.4 is 0 Å². The summed E-state index contributed by atoms with van der Waals surface area (Å²) in [6.07, 6.45) is 4.27. The van der Waals surface area contributed by atoms with Crippen LogP contribution in [0.3, 0.4) is 0 Å². The fourth-order valence-electron chi connectivity index (χ4n) is 4.98. The van der Waals surface area contributed by atoms with Crippen LogP contribution in [0.2, 0.25) is 0 Å². The molecular formula is C16H26N2O3. The van der Waals surface area contributed by atoms with Crippen molar-refractivity contribution in [1.82, 2.24) is 9.80 Å². The normalized spacial score (nSPS) is 37.8. The lowest BCUT2D eigenvalue weighted by molar-refractivity contribution is -0.140. The van der Waals surface area contributed by atoms with Crippen molar-refractivity contribution in [3.8, 4) is 0 Å². The van der Waals surface area contributed by atoms with Gasteiger partial charge in [-0.15, -0.1) is 0 Å². The summed E-state index contributed by atoms with van der Waals surface area (Å²) in [5.74, 6) is 0.248. The molecule has 5 nitrogen and oxygen atoms in total. The second-order valence-electron chi connectivity index (χ2n) is 6.94. The SMILES string of the molecule is CCOCC(=O)N1[C@@H]2CN(C(C)=O)[C@@H]3CCC[C@H]1[C@]3(C)C2. The van der Waals surface area contributed by atoms with Crippen molar-refractivity contribution < 1.29 is 14.3 Å². The molecule has 1 saturated carbocycles. The van der Waals surface area contributed by atoms with Gasteiger partial charge in [0.2, 0.25) is 11.8 Å². The van der Waals surface area contributed by atoms with Crippen molar-refractivity contribution >= 4 is 11.8 Å². The number of hydrogen-bond donors (Lipinski definition) is 0. The number of piperidine rings is 1. The Balaban J connectivity index is 1.89. The monoisotopic (exact) mass is 294 g/mol. The lowest BCUT2D eigenvalue weighted by atomic mass is 9.66. The molecule has 5 heteroatoms. The van der Waals surface area contributed by atoms with Gasteiger partial charge in [-0.3, -0.25) is 9.59 Å². The minimum absolute atomic E-state index is 0.0642. The Morgan fingerprint density at radius 3 is 2.67 bits per heavy atom. The number of carbonyl (C=O) groups excluding carboxylic acids is 2. The third-order valence-electron chi connectivity index (χ3n) is 5.79. The Labute approximate surface area is 126 Å². The number of amides is 2. The fourth-order valence-corrected chi connectivity index (χ4v) is 4.98. The zero-order valence-electron chi connectivity index (χ0n) is 13.3. The first kappa shape index (κ1) is 14.8. The maximum Gasteiger partial charge on any atom is 0.249 e. The van der Waals surface area contributed by atoms with Gasteiger partial charge in [-0.1, -0.05) is 6.92 Å². The molecule has 0 radical (unpaired) electrons. The zero-order valence-corrected chi connectivity index (χ0v) is 13.3. The standard InChI is InChI=1S/C16H26N2O3/c1-4-21-10-15(20)18-12-8-16(3)13(6-5-7-14(16)18)17(9-12)11(2)19/h12-14H,4-10H2,1-3H3/t12-,13+,14-,16+/m0/s1. The summed E-state index contributed by atoms with van der Waals surface area (Å²) in [5.41, 5.74) is 0.0642. The topological polar surface area (TPSA) is 49.9 Å². The van der Waals surface area contributed by atoms with Crippen LogP contribution in [-0.4, -0.2) is 59.5 Å². The average molecular weight is 294 g/mol. The molecule has 118 valence electrons. The second-order valence-corrected chi connectivity index (χ2v) is 6.94. The molecule has 0 aromatic carbocycles. The maximum atomic E-state index is 12.6. The van der Waals surface area contributed by atoms with Gasteiger partial charge in [-0.25, -0.2) is 0 Å². The van der Waals surface area contributed by atoms with Crippen LogP contribution in [0.4, 0.5) is 0 Å². The minimum atomic E-state index is 0.0642. The van der Waals surface area contributed by atoms with E-state index in [0.717, 1.165) is 25.7 Å². The van der Waals surface area contributed by atoms with Crippen LogP contribution in [0.25, 0.3) is 0 Å². The fraction of sp³-hybridized carbons (Fsp3) is 0.875. The van der Waals surface area contributed by atoms with Gasteiger partial charge in [-0.2, -0.15) is 0 Å². The van der Waals surface area contributed by atoms with Crippen molar-refractivity contribution in [2.24, 2.45) is 5.41 Å². The van der Waals surface area contributed by atoms with E-state index in [1.54, 1.807) is 6.92 Å². The number of nitrogens with zero attached hydrogens (tertiary/aromatic N) is 2. The van der Waals surface area contributed by atoms with Crippen LogP contribution >= 0.6 is 0 Å². The number of carbonyl (C=O) groups is 2. The van der Waals surface area contributed by atoms with Gasteiger partial charge in [0.15, 0.2) is 0 Å². The van der Waals surface area contributed by atoms with E-state index in [4.69, 9.17) is 4.74 Å². The number of ether oxygens (including phenoxy) is 1. The lowest BCUT2D eigenvalue weighted by Crippen LogP contribution is -2.57. The molecule has 2 saturated heterocycles. The van der Waals surface area contributed by atoms with Gasteiger partial charge in [0.25, 0.3) is 0 Å². The van der Waals surface area contributed by atoms with Crippen molar-refractivity contribution in [3.05, 3.63) is 0 Å². The molecule has 3 aliphatic rings. The molecule has 2 amide bonds. The highest BCUT2D eigenvalue weighted by molar-refractivity contribution is 5.80. The van der Waals surface area contributed by atoms with Crippen molar-refractivity contribution in [3.63, 3.8) is 0 Å². The van der Waals surface area contributed by atoms with Crippen LogP contribution in [0.15, 0.2) is 0 Å². The van der Waals surface area contributed by atoms with Gasteiger partial charge in [0, 0.05) is 37.6 Å². The maximum absolute atomic E-state index is 12.6. The summed E-state index contributed by atoms with van der Waals surface area (Å²) in [5, 5.41) is 0. The molecule has 2 bridgehead atoms. The molecular weight excluding hydrogens is 268 g/mol. The summed E-state index contributed by atoms with van der Waals surface area (Å²) < 4.78 is 5.33. The smallest absolute Gasteiger partial charge is 0.249 e. The first-order valence-corrected chi connectivity index (χ1v) is 8.15. The van der Waals surface area contributed by atoms with E-state index in [1.165, 1.54) is 0 Å². The molecule has 3 fully saturated rings. The Bertz CT molecular complexity index is 453. The van der Waals surface area contributed by atoms with Gasteiger partial charge >= 0.3 is 0 Å². The highest BCUT2D eigenvalue weighted by atomic mass is 16.5. The number of hydrogen-bond acceptors (Lipinski definition) is 3. The first-order valence-electron chi connectivity index (χ1n) is 8.15. The summed E-state index contributed by atoms with van der Waals surface area (Å²) in [6, 6.07) is 0.750. The molecule has 2 heterocycles. The predicted octanol–water partition coefficient (Wildman–Crippen LogP) is 1.41. The average Bonchev–Trinajstić information content (AvgIpc) is 2.73. The van der Waals surface area contributed by atoms with Crippen molar-refractivity contribution in [2.75, 3.05) is 19.8 Å². The van der Waals surface area contributed by atoms with E-state index in [9.17, 15) is 9.59 Å². The first-order chi connectivity index (χ1) is 9.99. The van der Waals surface area contributed by atoms with E-state index in [-0.39, 0.29) is 35.9 Å². The van der Waals surface area contributed by atoms with Gasteiger partial charge < -0.3 is 14.5 Å². The molecule has 4 atom stereocenters. The summed E-state index contributed by atoms with van der Waals surface area (Å²) >= 11 is 0. The Morgan fingerprint density at radius 2 is 2.00 bits per heavy atom. The molecule has 0 N–H and O–H groups in total. The van der Waals surface area contributed by atoms with Gasteiger partial charge in [0.1, 0.15) is 6.61 Å². The van der Waals surface area contributed by atoms with Crippen molar-refractivity contribution in [2.45, 2.75) is 64.6 Å². The van der Waals surface area contributed by atoms with E-state index < -0.39 is 0 Å². The van der Waals surface area contributed by atoms with Crippen LogP contribution in [0, 0.1) is 5.41 Å². The molecule has 0 aromatic heterocycles. The minimum Gasteiger partial charge on any atom is -0.372 e. The molecule has 0 spiro atoms. The molecule has 0 aromatic rings. The third-order valence-corrected chi connectivity index (χ3v) is 5.79. The van der Waals surface area contributed by atoms with Crippen molar-refractivity contribution in [1.29, 1.82) is 0 Å². The summed E-state index contributed by atoms with van der Waals surface area (Å²) in [6.45, 7) is 7.27. The van der Waals surface area contributed by atoms with Crippen LogP contribution in [0.5, 0.6) is 0 Å². The molecule has 2 aliphatic heterocycles. The molecule has 0 unspecified atom stereocenters. The quantitative estimate of drug-likeness (QED) is 0.791. The summed E-state index contributed by atoms with van der Waals surface area (Å²) in [7, 11) is 0. The van der Waals surface area contributed by atoms with E-state index in [1.807, 2.05) is 11.8 Å². The lowest BCUT2D eigenvalue weighted by Gasteiger charge is -2.49. The Hall–Kier alpha value is -1.10. The summed E-state index contributed by atoms with van der Waals surface area (Å²) in [4.78, 5) is 28.7. The predicted molar refractivity (Wildman–Crippen MR) is 78.7 cm³/mol. The van der Waals surface area contributed by atoms with Gasteiger partial charge in [-0.05, 0) is 32.6 Å². The third kappa shape index (κ3) is 2.17. The van der Waals surface area contributed by atoms with Crippen LogP contribution in [0.1, 0.15) is 46.5 Å². The number of rotatable bonds is 3. The molecule has 3 rings (SSSR count). The highest BCUT2D eigenvalue weighted by Gasteiger charge is 2.61. The number of likely N-dealkylation sites (tertiary alicyclic amines) is 2. The van der Waals surface area contributed by atoms with E-state index >= 15 is 0 Å². The molecule has 21 heavy (non-hydrogen) atoms. The van der Waals surface area contributed by atoms with E-state index in [2.05, 4.69) is 11.8 Å². The van der Waals surface area contributed by atoms with Gasteiger partial charge in [0.05, 0.1) is 6.04 Å². The Morgan fingerprint density at radius 1 is 1.29 bits per heavy atom.